The molecule has 0 unspecified atom stereocenters. The van der Waals surface area contributed by atoms with Crippen LogP contribution in [0.5, 0.6) is 0 Å². The maximum absolute atomic E-state index is 15.0. The number of nitrogens with one attached hydrogen (secondary N) is 1. The average Bonchev–Trinajstić information content (AvgIpc) is 3.56. The van der Waals surface area contributed by atoms with Crippen LogP contribution in [0.4, 0.5) is 14.9 Å². The second-order valence-electron chi connectivity index (χ2n) is 13.4. The first-order chi connectivity index (χ1) is 23.4. The lowest BCUT2D eigenvalue weighted by molar-refractivity contribution is -0.151. The fourth-order valence-electron chi connectivity index (χ4n) is 6.05. The summed E-state index contributed by atoms with van der Waals surface area (Å²) in [4.78, 5) is 44.0. The number of ether oxygens (including phenoxy) is 2. The van der Waals surface area contributed by atoms with Gasteiger partial charge in [0.1, 0.15) is 24.6 Å². The van der Waals surface area contributed by atoms with Gasteiger partial charge >= 0.3 is 12.1 Å². The molecule has 2 aliphatic rings. The van der Waals surface area contributed by atoms with E-state index in [1.165, 1.54) is 12.1 Å². The number of carbonyl (C=O) groups is 3. The van der Waals surface area contributed by atoms with E-state index in [0.717, 1.165) is 0 Å². The Balaban J connectivity index is 1.48. The first kappa shape index (κ1) is 37.6. The summed E-state index contributed by atoms with van der Waals surface area (Å²) in [5.74, 6) is -1.37. The second kappa shape index (κ2) is 18.0. The summed E-state index contributed by atoms with van der Waals surface area (Å²) < 4.78 is 28.3. The van der Waals surface area contributed by atoms with Crippen LogP contribution in [0.25, 0.3) is 6.08 Å². The first-order valence-electron chi connectivity index (χ1n) is 17.0. The number of hydrogen-bond donors (Lipinski definition) is 2. The number of aliphatic hydroxyl groups excluding tert-OH is 1. The standard InChI is InChI=1S/C36H51FN6O6/c1-25-7-9-31(44)23-34(46)49-35(26(2)8-10-32(25)48-36(47)38-12-14-40(4)5)27(3)19-28-20-29(37)22-30(21-28)41-15-17-42(18-16-41)33(45)24-43-13-6-11-39-43/h6,8,10-11,13,19-22,25-26,31-32,35,44H,7,9,12,14-18,23-24H2,1-5H3,(H,38,47)/b10-8+,27-19+/t25-,26-,31+,32+,35-/m0/s1. The number of rotatable bonds is 9. The number of nitrogens with zero attached hydrogens (tertiary/aromatic N) is 5. The molecule has 4 rings (SSSR count). The number of likely N-dealkylation sites (N-methyl/N-ethyl adjacent to an activating group) is 1. The highest BCUT2D eigenvalue weighted by atomic mass is 19.1. The Hall–Kier alpha value is -4.23. The third-order valence-electron chi connectivity index (χ3n) is 8.93. The molecule has 2 aromatic rings. The molecular formula is C36H51FN6O6. The molecule has 2 amide bonds. The van der Waals surface area contributed by atoms with E-state index in [-0.39, 0.29) is 30.7 Å². The Morgan fingerprint density at radius 3 is 2.59 bits per heavy atom. The fourth-order valence-corrected chi connectivity index (χ4v) is 6.05. The summed E-state index contributed by atoms with van der Waals surface area (Å²) in [6.07, 6.45) is 6.93. The molecule has 1 aromatic carbocycles. The molecule has 49 heavy (non-hydrogen) atoms. The van der Waals surface area contributed by atoms with Crippen LogP contribution in [0.2, 0.25) is 0 Å². The topological polar surface area (TPSA) is 129 Å². The van der Waals surface area contributed by atoms with E-state index in [2.05, 4.69) is 10.4 Å². The molecule has 3 heterocycles. The van der Waals surface area contributed by atoms with Crippen molar-refractivity contribution in [1.29, 1.82) is 0 Å². The van der Waals surface area contributed by atoms with Crippen LogP contribution < -0.4 is 10.2 Å². The molecule has 0 spiro atoms. The Morgan fingerprint density at radius 1 is 1.14 bits per heavy atom. The summed E-state index contributed by atoms with van der Waals surface area (Å²) >= 11 is 0. The molecule has 13 heteroatoms. The molecule has 268 valence electrons. The quantitative estimate of drug-likeness (QED) is 0.301. The van der Waals surface area contributed by atoms with Crippen LogP contribution in [0, 0.1) is 17.7 Å². The van der Waals surface area contributed by atoms with Gasteiger partial charge in [-0.25, -0.2) is 9.18 Å². The third kappa shape index (κ3) is 11.7. The smallest absolute Gasteiger partial charge is 0.407 e. The van der Waals surface area contributed by atoms with Gasteiger partial charge in [-0.05, 0) is 81.3 Å². The van der Waals surface area contributed by atoms with Crippen molar-refractivity contribution >= 4 is 29.7 Å². The van der Waals surface area contributed by atoms with E-state index in [9.17, 15) is 23.9 Å². The maximum atomic E-state index is 15.0. The molecule has 0 bridgehead atoms. The Bertz CT molecular complexity index is 1460. The minimum absolute atomic E-state index is 0.0142. The SMILES string of the molecule is C/C(=C\c1cc(F)cc(N2CCN(C(=O)Cn3cccn3)CC2)c1)[C@H]1OC(=O)C[C@H](O)CC[C@H](C)[C@H](OC(=O)NCCN(C)C)/C=C/[C@@H]1C. The van der Waals surface area contributed by atoms with Gasteiger partial charge in [0, 0.05) is 63.3 Å². The Labute approximate surface area is 288 Å². The predicted octanol–water partition coefficient (Wildman–Crippen LogP) is 3.72. The van der Waals surface area contributed by atoms with Crippen molar-refractivity contribution in [1.82, 2.24) is 24.9 Å². The molecule has 2 aliphatic heterocycles. The Morgan fingerprint density at radius 2 is 1.90 bits per heavy atom. The van der Waals surface area contributed by atoms with Crippen molar-refractivity contribution < 1.29 is 33.4 Å². The predicted molar refractivity (Wildman–Crippen MR) is 185 cm³/mol. The molecule has 0 aliphatic carbocycles. The van der Waals surface area contributed by atoms with Gasteiger partial charge < -0.3 is 34.6 Å². The average molecular weight is 683 g/mol. The van der Waals surface area contributed by atoms with Crippen molar-refractivity contribution in [3.8, 4) is 0 Å². The van der Waals surface area contributed by atoms with Gasteiger partial charge in [0.05, 0.1) is 12.5 Å². The lowest BCUT2D eigenvalue weighted by atomic mass is 9.91. The van der Waals surface area contributed by atoms with E-state index < -0.39 is 36.2 Å². The number of benzene rings is 1. The van der Waals surface area contributed by atoms with Crippen molar-refractivity contribution in [3.05, 3.63) is 65.8 Å². The van der Waals surface area contributed by atoms with E-state index >= 15 is 0 Å². The molecule has 12 nitrogen and oxygen atoms in total. The van der Waals surface area contributed by atoms with E-state index in [4.69, 9.17) is 9.47 Å². The van der Waals surface area contributed by atoms with Crippen molar-refractivity contribution in [3.63, 3.8) is 0 Å². The molecule has 1 aromatic heterocycles. The summed E-state index contributed by atoms with van der Waals surface area (Å²) in [6.45, 7) is 9.09. The highest BCUT2D eigenvalue weighted by Crippen LogP contribution is 2.27. The minimum atomic E-state index is -0.903. The van der Waals surface area contributed by atoms with Crippen LogP contribution >= 0.6 is 0 Å². The number of alkyl carbamates (subject to hydrolysis) is 1. The third-order valence-corrected chi connectivity index (χ3v) is 8.93. The molecule has 2 N–H and O–H groups in total. The summed E-state index contributed by atoms with van der Waals surface area (Å²) in [6, 6.07) is 6.57. The van der Waals surface area contributed by atoms with E-state index in [1.54, 1.807) is 34.1 Å². The van der Waals surface area contributed by atoms with Crippen molar-refractivity contribution in [2.24, 2.45) is 11.8 Å². The zero-order valence-corrected chi connectivity index (χ0v) is 29.3. The molecule has 0 radical (unpaired) electrons. The van der Waals surface area contributed by atoms with Crippen LogP contribution in [-0.4, -0.2) is 114 Å². The van der Waals surface area contributed by atoms with Crippen LogP contribution in [0.15, 0.2) is 54.4 Å². The zero-order valence-electron chi connectivity index (χ0n) is 29.3. The lowest BCUT2D eigenvalue weighted by Crippen LogP contribution is -2.49. The number of aliphatic hydroxyl groups is 1. The number of amides is 2. The highest BCUT2D eigenvalue weighted by Gasteiger charge is 2.28. The van der Waals surface area contributed by atoms with Gasteiger partial charge in [0.15, 0.2) is 0 Å². The van der Waals surface area contributed by atoms with Gasteiger partial charge in [-0.3, -0.25) is 14.3 Å². The maximum Gasteiger partial charge on any atom is 0.407 e. The van der Waals surface area contributed by atoms with Gasteiger partial charge in [-0.2, -0.15) is 5.10 Å². The van der Waals surface area contributed by atoms with Gasteiger partial charge in [-0.1, -0.05) is 26.0 Å². The second-order valence-corrected chi connectivity index (χ2v) is 13.4. The van der Waals surface area contributed by atoms with Gasteiger partial charge in [0.2, 0.25) is 5.91 Å². The molecule has 5 atom stereocenters. The lowest BCUT2D eigenvalue weighted by Gasteiger charge is -2.36. The van der Waals surface area contributed by atoms with Crippen molar-refractivity contribution in [2.45, 2.75) is 64.9 Å². The normalized spacial score (nSPS) is 24.9. The zero-order chi connectivity index (χ0) is 35.5. The van der Waals surface area contributed by atoms with Gasteiger partial charge in [0.25, 0.3) is 0 Å². The van der Waals surface area contributed by atoms with Gasteiger partial charge in [-0.15, -0.1) is 0 Å². The summed E-state index contributed by atoms with van der Waals surface area (Å²) in [7, 11) is 3.84. The number of piperazine rings is 1. The number of carbonyl (C=O) groups excluding carboxylic acids is 3. The molecule has 1 saturated heterocycles. The van der Waals surface area contributed by atoms with Crippen LogP contribution in [0.3, 0.4) is 0 Å². The fraction of sp³-hybridized carbons (Fsp3) is 0.556. The van der Waals surface area contributed by atoms with Crippen LogP contribution in [0.1, 0.15) is 45.6 Å². The highest BCUT2D eigenvalue weighted by molar-refractivity contribution is 5.76. The first-order valence-corrected chi connectivity index (χ1v) is 17.0. The number of hydrogen-bond acceptors (Lipinski definition) is 9. The molecule has 1 fully saturated rings. The number of halogens is 1. The number of cyclic esters (lactones) is 1. The summed E-state index contributed by atoms with van der Waals surface area (Å²) in [5.41, 5.74) is 1.99. The monoisotopic (exact) mass is 682 g/mol. The molecule has 0 saturated carbocycles. The number of anilines is 1. The Kier molecular flexibility index (Phi) is 13.8. The van der Waals surface area contributed by atoms with E-state index in [1.807, 2.05) is 62.9 Å². The van der Waals surface area contributed by atoms with E-state index in [0.29, 0.717) is 68.9 Å². The number of aromatic nitrogens is 2. The largest absolute Gasteiger partial charge is 0.457 e. The van der Waals surface area contributed by atoms with Crippen molar-refractivity contribution in [2.75, 3.05) is 58.3 Å². The summed E-state index contributed by atoms with van der Waals surface area (Å²) in [5, 5.41) is 17.5. The molecular weight excluding hydrogens is 631 g/mol. The van der Waals surface area contributed by atoms with Crippen LogP contribution in [-0.2, 0) is 25.6 Å². The number of esters is 1. The minimum Gasteiger partial charge on any atom is -0.457 e.